The fourth-order valence-electron chi connectivity index (χ4n) is 2.75. The third kappa shape index (κ3) is 7.51. The van der Waals surface area contributed by atoms with Crippen molar-refractivity contribution in [1.82, 2.24) is 10.6 Å². The van der Waals surface area contributed by atoms with Crippen molar-refractivity contribution in [3.8, 4) is 5.75 Å². The Morgan fingerprint density at radius 3 is 2.40 bits per heavy atom. The molecule has 2 amide bonds. The van der Waals surface area contributed by atoms with Gasteiger partial charge in [-0.2, -0.15) is 0 Å². The van der Waals surface area contributed by atoms with E-state index in [0.717, 1.165) is 16.7 Å². The maximum Gasteiger partial charge on any atom is 0.635 e. The topological polar surface area (TPSA) is 117 Å². The lowest BCUT2D eigenvalue weighted by Crippen LogP contribution is -2.47. The number of carbonyl (C=O) groups excluding carboxylic acids is 2. The van der Waals surface area contributed by atoms with E-state index in [9.17, 15) is 9.59 Å². The summed E-state index contributed by atoms with van der Waals surface area (Å²) in [7, 11) is -0.499. The molecule has 0 spiro atoms. The Morgan fingerprint density at radius 2 is 1.77 bits per heavy atom. The fourth-order valence-corrected chi connectivity index (χ4v) is 2.75. The molecule has 0 bridgehead atoms. The van der Waals surface area contributed by atoms with Crippen LogP contribution in [0.3, 0.4) is 0 Å². The second kappa shape index (κ2) is 11.3. The van der Waals surface area contributed by atoms with Gasteiger partial charge in [-0.25, -0.2) is 0 Å². The zero-order chi connectivity index (χ0) is 22.1. The summed E-state index contributed by atoms with van der Waals surface area (Å²) in [5.74, 6) is -1.38. The number of amides is 2. The lowest BCUT2D eigenvalue weighted by Gasteiger charge is -2.21. The van der Waals surface area contributed by atoms with Crippen molar-refractivity contribution in [2.75, 3.05) is 7.11 Å². The predicted molar refractivity (Wildman–Crippen MR) is 112 cm³/mol. The molecule has 2 aromatic rings. The van der Waals surface area contributed by atoms with Gasteiger partial charge < -0.3 is 30.1 Å². The van der Waals surface area contributed by atoms with Crippen LogP contribution in [0, 0.1) is 12.8 Å². The minimum atomic E-state index is -2.06. The van der Waals surface area contributed by atoms with Crippen LogP contribution in [-0.2, 0) is 27.2 Å². The van der Waals surface area contributed by atoms with Gasteiger partial charge in [0.15, 0.2) is 0 Å². The van der Waals surface area contributed by atoms with Crippen LogP contribution in [0.25, 0.3) is 0 Å². The van der Waals surface area contributed by atoms with Gasteiger partial charge in [-0.3, -0.25) is 9.59 Å². The number of aryl methyl sites for hydroxylation is 1. The third-order valence-corrected chi connectivity index (χ3v) is 4.52. The summed E-state index contributed by atoms with van der Waals surface area (Å²) in [6.07, 6.45) is -0.796. The molecule has 9 heteroatoms. The van der Waals surface area contributed by atoms with Crippen molar-refractivity contribution >= 4 is 19.1 Å². The third-order valence-electron chi connectivity index (χ3n) is 4.52. The van der Waals surface area contributed by atoms with Crippen LogP contribution in [0.2, 0.25) is 0 Å². The Labute approximate surface area is 176 Å². The van der Waals surface area contributed by atoms with Crippen LogP contribution >= 0.6 is 0 Å². The summed E-state index contributed by atoms with van der Waals surface area (Å²) >= 11 is 0. The second-order valence-electron chi connectivity index (χ2n) is 6.94. The van der Waals surface area contributed by atoms with Crippen molar-refractivity contribution in [2.24, 2.45) is 5.92 Å². The first-order valence-electron chi connectivity index (χ1n) is 9.56. The first-order valence-corrected chi connectivity index (χ1v) is 9.56. The molecule has 0 fully saturated rings. The highest BCUT2D eigenvalue weighted by Crippen LogP contribution is 2.12. The van der Waals surface area contributed by atoms with Gasteiger partial charge in [0.05, 0.1) is 7.11 Å². The molecule has 0 heterocycles. The summed E-state index contributed by atoms with van der Waals surface area (Å²) in [6, 6.07) is 14.7. The molecule has 30 heavy (non-hydrogen) atoms. The number of rotatable bonds is 10. The van der Waals surface area contributed by atoms with Gasteiger partial charge in [-0.1, -0.05) is 42.0 Å². The quantitative estimate of drug-likeness (QED) is 0.261. The zero-order valence-electron chi connectivity index (χ0n) is 17.3. The van der Waals surface area contributed by atoms with Gasteiger partial charge in [-0.05, 0) is 37.1 Å². The SMILES string of the molecule is COc1cccc(CNC(=O)C(C)C(=O)NC(Cc2ccc(C)cc2)OB(O)O)c1. The summed E-state index contributed by atoms with van der Waals surface area (Å²) < 4.78 is 10.1. The lowest BCUT2D eigenvalue weighted by atomic mass is 10.1. The number of hydrogen-bond acceptors (Lipinski definition) is 6. The largest absolute Gasteiger partial charge is 0.635 e. The molecule has 0 aliphatic carbocycles. The average molecular weight is 414 g/mol. The Hall–Kier alpha value is -2.88. The number of benzene rings is 2. The number of methoxy groups -OCH3 is 1. The molecule has 160 valence electrons. The number of ether oxygens (including phenoxy) is 1. The second-order valence-corrected chi connectivity index (χ2v) is 6.94. The highest BCUT2D eigenvalue weighted by Gasteiger charge is 2.26. The predicted octanol–water partition coefficient (Wildman–Crippen LogP) is 0.927. The van der Waals surface area contributed by atoms with Gasteiger partial charge >= 0.3 is 7.32 Å². The summed E-state index contributed by atoms with van der Waals surface area (Å²) in [6.45, 7) is 3.66. The van der Waals surface area contributed by atoms with Crippen LogP contribution in [-0.4, -0.2) is 42.5 Å². The highest BCUT2D eigenvalue weighted by atomic mass is 16.6. The molecule has 0 saturated carbocycles. The van der Waals surface area contributed by atoms with Crippen molar-refractivity contribution < 1.29 is 29.0 Å². The summed E-state index contributed by atoms with van der Waals surface area (Å²) in [5, 5.41) is 23.6. The molecule has 4 N–H and O–H groups in total. The molecule has 0 aromatic heterocycles. The molecule has 2 aromatic carbocycles. The van der Waals surface area contributed by atoms with Gasteiger partial charge in [-0.15, -0.1) is 0 Å². The standard InChI is InChI=1S/C21H27BN2O6/c1-14-7-9-16(10-8-14)12-19(30-22(27)28)24-21(26)15(2)20(25)23-13-17-5-4-6-18(11-17)29-3/h4-11,15,19,27-28H,12-13H2,1-3H3,(H,23,25)(H,24,26). The van der Waals surface area contributed by atoms with Crippen LogP contribution < -0.4 is 15.4 Å². The lowest BCUT2D eigenvalue weighted by molar-refractivity contribution is -0.136. The van der Waals surface area contributed by atoms with E-state index in [4.69, 9.17) is 19.4 Å². The van der Waals surface area contributed by atoms with Crippen LogP contribution in [0.15, 0.2) is 48.5 Å². The smallest absolute Gasteiger partial charge is 0.497 e. The molecule has 0 radical (unpaired) electrons. The summed E-state index contributed by atoms with van der Waals surface area (Å²) in [4.78, 5) is 24.9. The maximum atomic E-state index is 12.5. The van der Waals surface area contributed by atoms with Crippen molar-refractivity contribution in [1.29, 1.82) is 0 Å². The minimum absolute atomic E-state index is 0.210. The van der Waals surface area contributed by atoms with E-state index in [1.165, 1.54) is 6.92 Å². The molecule has 8 nitrogen and oxygen atoms in total. The van der Waals surface area contributed by atoms with E-state index < -0.39 is 31.3 Å². The Kier molecular flexibility index (Phi) is 8.85. The summed E-state index contributed by atoms with van der Waals surface area (Å²) in [5.41, 5.74) is 2.74. The van der Waals surface area contributed by atoms with Crippen LogP contribution in [0.1, 0.15) is 23.6 Å². The van der Waals surface area contributed by atoms with Gasteiger partial charge in [0.2, 0.25) is 11.8 Å². The van der Waals surface area contributed by atoms with Gasteiger partial charge in [0, 0.05) is 13.0 Å². The zero-order valence-corrected chi connectivity index (χ0v) is 17.3. The molecule has 2 atom stereocenters. The molecule has 2 unspecified atom stereocenters. The van der Waals surface area contributed by atoms with Crippen LogP contribution in [0.4, 0.5) is 0 Å². The van der Waals surface area contributed by atoms with Crippen molar-refractivity contribution in [3.05, 3.63) is 65.2 Å². The molecular weight excluding hydrogens is 387 g/mol. The Bertz CT molecular complexity index is 844. The first kappa shape index (κ1) is 23.4. The average Bonchev–Trinajstić information content (AvgIpc) is 2.72. The Morgan fingerprint density at radius 1 is 1.07 bits per heavy atom. The minimum Gasteiger partial charge on any atom is -0.497 e. The Balaban J connectivity index is 1.93. The molecule has 0 saturated heterocycles. The van der Waals surface area contributed by atoms with Gasteiger partial charge in [0.25, 0.3) is 0 Å². The van der Waals surface area contributed by atoms with E-state index in [1.807, 2.05) is 43.3 Å². The van der Waals surface area contributed by atoms with E-state index in [0.29, 0.717) is 5.75 Å². The van der Waals surface area contributed by atoms with E-state index in [2.05, 4.69) is 10.6 Å². The van der Waals surface area contributed by atoms with Crippen LogP contribution in [0.5, 0.6) is 5.75 Å². The van der Waals surface area contributed by atoms with E-state index in [1.54, 1.807) is 19.2 Å². The molecule has 0 aliphatic heterocycles. The normalized spacial score (nSPS) is 12.6. The van der Waals surface area contributed by atoms with Crippen molar-refractivity contribution in [2.45, 2.75) is 33.0 Å². The number of hydrogen-bond donors (Lipinski definition) is 4. The fraction of sp³-hybridized carbons (Fsp3) is 0.333. The highest BCUT2D eigenvalue weighted by molar-refractivity contribution is 6.32. The first-order chi connectivity index (χ1) is 14.3. The van der Waals surface area contributed by atoms with E-state index >= 15 is 0 Å². The molecular formula is C21H27BN2O6. The monoisotopic (exact) mass is 414 g/mol. The number of nitrogens with one attached hydrogen (secondary N) is 2. The van der Waals surface area contributed by atoms with Gasteiger partial charge in [0.1, 0.15) is 17.9 Å². The van der Waals surface area contributed by atoms with Crippen molar-refractivity contribution in [3.63, 3.8) is 0 Å². The van der Waals surface area contributed by atoms with E-state index in [-0.39, 0.29) is 13.0 Å². The number of carbonyl (C=O) groups is 2. The molecule has 2 rings (SSSR count). The molecule has 0 aliphatic rings. The maximum absolute atomic E-state index is 12.5.